The van der Waals surface area contributed by atoms with E-state index in [1.807, 2.05) is 48.6 Å². The van der Waals surface area contributed by atoms with Gasteiger partial charge in [0.1, 0.15) is 11.6 Å². The zero-order chi connectivity index (χ0) is 28.9. The van der Waals surface area contributed by atoms with E-state index in [1.165, 1.54) is 5.56 Å². The number of carbonyl (C=O) groups excluding carboxylic acids is 3. The second kappa shape index (κ2) is 10.9. The van der Waals surface area contributed by atoms with Crippen LogP contribution in [0.5, 0.6) is 0 Å². The Bertz CT molecular complexity index is 1360. The number of carbonyl (C=O) groups is 3. The molecule has 8 heteroatoms. The minimum atomic E-state index is -1.19. The minimum Gasteiger partial charge on any atom is -0.359 e. The van der Waals surface area contributed by atoms with E-state index in [1.54, 1.807) is 17.0 Å². The van der Waals surface area contributed by atoms with Gasteiger partial charge in [-0.25, -0.2) is 0 Å². The quantitative estimate of drug-likeness (QED) is 0.430. The summed E-state index contributed by atoms with van der Waals surface area (Å²) in [6.07, 6.45) is 7.36. The molecule has 216 valence electrons. The Morgan fingerprint density at radius 3 is 2.44 bits per heavy atom. The first-order chi connectivity index (χ1) is 19.7. The van der Waals surface area contributed by atoms with E-state index in [4.69, 9.17) is 16.3 Å². The van der Waals surface area contributed by atoms with Gasteiger partial charge in [0.25, 0.3) is 0 Å². The fourth-order valence-corrected chi connectivity index (χ4v) is 7.32. The molecule has 7 nitrogen and oxygen atoms in total. The third-order valence-electron chi connectivity index (χ3n) is 9.48. The highest BCUT2D eigenvalue weighted by Crippen LogP contribution is 2.55. The molecular formula is C33H38ClN3O4. The maximum absolute atomic E-state index is 14.2. The highest BCUT2D eigenvalue weighted by Gasteiger charge is 2.72. The molecular weight excluding hydrogens is 538 g/mol. The molecule has 6 rings (SSSR count). The van der Waals surface area contributed by atoms with Crippen LogP contribution in [-0.2, 0) is 25.7 Å². The van der Waals surface area contributed by atoms with Crippen molar-refractivity contribution < 1.29 is 19.1 Å². The van der Waals surface area contributed by atoms with Crippen LogP contribution in [0.4, 0.5) is 5.69 Å². The number of nitrogens with one attached hydrogen (secondary N) is 2. The molecule has 1 saturated carbocycles. The predicted molar refractivity (Wildman–Crippen MR) is 158 cm³/mol. The SMILES string of the molecule is CC(C)c1ccc(NC(=O)C2C3C=CC4(O3)C2C(=O)N(Cc2ccc(Cl)cc2)C4C(=O)NC2CCCCC2C)cc1. The summed E-state index contributed by atoms with van der Waals surface area (Å²) in [4.78, 5) is 43.7. The van der Waals surface area contributed by atoms with Crippen molar-refractivity contribution in [3.63, 3.8) is 0 Å². The zero-order valence-electron chi connectivity index (χ0n) is 23.8. The van der Waals surface area contributed by atoms with Gasteiger partial charge in [0.2, 0.25) is 17.7 Å². The number of ether oxygens (including phenoxy) is 1. The number of benzene rings is 2. The normalized spacial score (nSPS) is 31.9. The Balaban J connectivity index is 1.30. The zero-order valence-corrected chi connectivity index (χ0v) is 24.6. The highest BCUT2D eigenvalue weighted by atomic mass is 35.5. The summed E-state index contributed by atoms with van der Waals surface area (Å²) >= 11 is 6.11. The number of fused-ring (bicyclic) bond motifs is 1. The van der Waals surface area contributed by atoms with Crippen LogP contribution in [0.1, 0.15) is 63.5 Å². The minimum absolute atomic E-state index is 0.0506. The maximum atomic E-state index is 14.2. The third kappa shape index (κ3) is 4.97. The van der Waals surface area contributed by atoms with Crippen LogP contribution in [0.25, 0.3) is 0 Å². The van der Waals surface area contributed by atoms with Gasteiger partial charge in [-0.05, 0) is 60.1 Å². The smallest absolute Gasteiger partial charge is 0.246 e. The molecule has 3 fully saturated rings. The number of hydrogen-bond donors (Lipinski definition) is 2. The van der Waals surface area contributed by atoms with Gasteiger partial charge in [0, 0.05) is 23.3 Å². The largest absolute Gasteiger partial charge is 0.359 e. The molecule has 1 spiro atoms. The first-order valence-electron chi connectivity index (χ1n) is 14.8. The number of hydrogen-bond acceptors (Lipinski definition) is 4. The van der Waals surface area contributed by atoms with Gasteiger partial charge in [-0.2, -0.15) is 0 Å². The second-order valence-corrected chi connectivity index (χ2v) is 12.9. The number of amides is 3. The first kappa shape index (κ1) is 28.0. The molecule has 3 heterocycles. The summed E-state index contributed by atoms with van der Waals surface area (Å²) in [7, 11) is 0. The van der Waals surface area contributed by atoms with Crippen molar-refractivity contribution >= 4 is 35.0 Å². The van der Waals surface area contributed by atoms with Crippen molar-refractivity contribution in [3.05, 3.63) is 76.8 Å². The summed E-state index contributed by atoms with van der Waals surface area (Å²) in [5.74, 6) is -1.52. The lowest BCUT2D eigenvalue weighted by Crippen LogP contribution is -2.57. The van der Waals surface area contributed by atoms with Gasteiger partial charge < -0.3 is 20.3 Å². The van der Waals surface area contributed by atoms with Gasteiger partial charge in [-0.3, -0.25) is 14.4 Å². The molecule has 2 aromatic rings. The van der Waals surface area contributed by atoms with Crippen molar-refractivity contribution in [2.24, 2.45) is 17.8 Å². The number of rotatable bonds is 7. The van der Waals surface area contributed by atoms with E-state index in [0.29, 0.717) is 22.5 Å². The van der Waals surface area contributed by atoms with Crippen molar-refractivity contribution in [2.45, 2.75) is 82.7 Å². The lowest BCUT2D eigenvalue weighted by atomic mass is 9.74. The molecule has 2 bridgehead atoms. The number of nitrogens with zero attached hydrogens (tertiary/aromatic N) is 1. The van der Waals surface area contributed by atoms with Gasteiger partial charge in [-0.15, -0.1) is 0 Å². The van der Waals surface area contributed by atoms with E-state index in [-0.39, 0.29) is 30.3 Å². The maximum Gasteiger partial charge on any atom is 0.246 e. The predicted octanol–water partition coefficient (Wildman–Crippen LogP) is 5.45. The van der Waals surface area contributed by atoms with Crippen LogP contribution in [0.3, 0.4) is 0 Å². The molecule has 3 amide bonds. The fourth-order valence-electron chi connectivity index (χ4n) is 7.19. The van der Waals surface area contributed by atoms with E-state index >= 15 is 0 Å². The van der Waals surface area contributed by atoms with Crippen LogP contribution in [0.15, 0.2) is 60.7 Å². The van der Waals surface area contributed by atoms with Crippen molar-refractivity contribution in [1.82, 2.24) is 10.2 Å². The third-order valence-corrected chi connectivity index (χ3v) is 9.73. The van der Waals surface area contributed by atoms with Gasteiger partial charge in [0.15, 0.2) is 0 Å². The van der Waals surface area contributed by atoms with E-state index in [0.717, 1.165) is 31.2 Å². The second-order valence-electron chi connectivity index (χ2n) is 12.4. The molecule has 1 aliphatic carbocycles. The Morgan fingerprint density at radius 1 is 1.05 bits per heavy atom. The number of halogens is 1. The lowest BCUT2D eigenvalue weighted by Gasteiger charge is -2.36. The molecule has 0 aromatic heterocycles. The molecule has 4 aliphatic rings. The standard InChI is InChI=1S/C33H38ClN3O4/c1-19(2)22-10-14-24(15-11-22)35-30(38)27-26-16-17-33(41-26)28(27)32(40)37(18-21-8-12-23(34)13-9-21)29(33)31(39)36-25-7-5-4-6-20(25)3/h8-17,19-20,25-29H,4-7,18H2,1-3H3,(H,35,38)(H,36,39). The summed E-state index contributed by atoms with van der Waals surface area (Å²) in [5, 5.41) is 6.89. The van der Waals surface area contributed by atoms with Crippen LogP contribution >= 0.6 is 11.6 Å². The summed E-state index contributed by atoms with van der Waals surface area (Å²) in [6, 6.07) is 14.2. The highest BCUT2D eigenvalue weighted by molar-refractivity contribution is 6.30. The van der Waals surface area contributed by atoms with Gasteiger partial charge in [-0.1, -0.05) is 81.6 Å². The monoisotopic (exact) mass is 575 g/mol. The van der Waals surface area contributed by atoms with Crippen LogP contribution in [-0.4, -0.2) is 46.4 Å². The molecule has 41 heavy (non-hydrogen) atoms. The van der Waals surface area contributed by atoms with Crippen molar-refractivity contribution in [1.29, 1.82) is 0 Å². The van der Waals surface area contributed by atoms with Crippen LogP contribution in [0, 0.1) is 17.8 Å². The Hall–Kier alpha value is -3.16. The molecule has 0 radical (unpaired) electrons. The van der Waals surface area contributed by atoms with Gasteiger partial charge >= 0.3 is 0 Å². The molecule has 2 aromatic carbocycles. The molecule has 3 aliphatic heterocycles. The molecule has 2 N–H and O–H groups in total. The first-order valence-corrected chi connectivity index (χ1v) is 15.2. The summed E-state index contributed by atoms with van der Waals surface area (Å²) in [6.45, 7) is 6.63. The number of likely N-dealkylation sites (tertiary alicyclic amines) is 1. The lowest BCUT2D eigenvalue weighted by molar-refractivity contribution is -0.142. The summed E-state index contributed by atoms with van der Waals surface area (Å²) < 4.78 is 6.50. The Morgan fingerprint density at radius 2 is 1.76 bits per heavy atom. The molecule has 2 saturated heterocycles. The van der Waals surface area contributed by atoms with Gasteiger partial charge in [0.05, 0.1) is 17.9 Å². The topological polar surface area (TPSA) is 87.7 Å². The average Bonchev–Trinajstić information content (AvgIpc) is 3.59. The Labute approximate surface area is 246 Å². The van der Waals surface area contributed by atoms with E-state index in [9.17, 15) is 14.4 Å². The summed E-state index contributed by atoms with van der Waals surface area (Å²) in [5.41, 5.74) is 1.51. The number of anilines is 1. The van der Waals surface area contributed by atoms with E-state index in [2.05, 4.69) is 31.4 Å². The average molecular weight is 576 g/mol. The van der Waals surface area contributed by atoms with E-state index < -0.39 is 29.6 Å². The van der Waals surface area contributed by atoms with Crippen molar-refractivity contribution in [2.75, 3.05) is 5.32 Å². The van der Waals surface area contributed by atoms with Crippen LogP contribution < -0.4 is 10.6 Å². The molecule has 7 atom stereocenters. The van der Waals surface area contributed by atoms with Crippen molar-refractivity contribution in [3.8, 4) is 0 Å². The van der Waals surface area contributed by atoms with Crippen LogP contribution in [0.2, 0.25) is 5.02 Å². The fraction of sp³-hybridized carbons (Fsp3) is 0.485. The Kier molecular flexibility index (Phi) is 7.45. The molecule has 7 unspecified atom stereocenters.